The molecule has 0 aliphatic carbocycles. The third-order valence-corrected chi connectivity index (χ3v) is 4.22. The van der Waals surface area contributed by atoms with Crippen molar-refractivity contribution in [1.29, 1.82) is 0 Å². The van der Waals surface area contributed by atoms with E-state index in [4.69, 9.17) is 11.6 Å². The molecule has 1 aliphatic rings. The molecule has 1 fully saturated rings. The van der Waals surface area contributed by atoms with Crippen LogP contribution in [-0.2, 0) is 6.54 Å². The molecule has 0 aromatic heterocycles. The molecule has 2 rings (SSSR count). The molecule has 1 aromatic rings. The quantitative estimate of drug-likeness (QED) is 0.671. The topological polar surface area (TPSA) is 58.4 Å². The molecule has 1 aromatic carbocycles. The summed E-state index contributed by atoms with van der Waals surface area (Å²) in [5, 5.41) is 14.5. The normalized spacial score (nSPS) is 20.0. The SMILES string of the molecule is CN1CCCCC1CNCc1ccc([N+](=O)[O-])cc1Cl. The average molecular weight is 298 g/mol. The van der Waals surface area contributed by atoms with Gasteiger partial charge in [0.05, 0.1) is 9.95 Å². The number of hydrogen-bond donors (Lipinski definition) is 1. The van der Waals surface area contributed by atoms with Gasteiger partial charge in [0, 0.05) is 31.3 Å². The Bertz CT molecular complexity index is 481. The molecule has 0 saturated carbocycles. The Morgan fingerprint density at radius 1 is 1.50 bits per heavy atom. The summed E-state index contributed by atoms with van der Waals surface area (Å²) < 4.78 is 0. The molecule has 110 valence electrons. The van der Waals surface area contributed by atoms with Gasteiger partial charge in [0.15, 0.2) is 0 Å². The van der Waals surface area contributed by atoms with Crippen LogP contribution in [0.3, 0.4) is 0 Å². The third kappa shape index (κ3) is 3.91. The molecule has 0 spiro atoms. The van der Waals surface area contributed by atoms with E-state index in [2.05, 4.69) is 17.3 Å². The maximum atomic E-state index is 10.6. The van der Waals surface area contributed by atoms with Gasteiger partial charge in [0.2, 0.25) is 0 Å². The Morgan fingerprint density at radius 3 is 2.95 bits per heavy atom. The van der Waals surface area contributed by atoms with Crippen molar-refractivity contribution in [3.05, 3.63) is 38.9 Å². The van der Waals surface area contributed by atoms with Crippen molar-refractivity contribution in [2.24, 2.45) is 0 Å². The fourth-order valence-corrected chi connectivity index (χ4v) is 2.81. The zero-order valence-corrected chi connectivity index (χ0v) is 12.4. The number of piperidine rings is 1. The molecule has 0 bridgehead atoms. The van der Waals surface area contributed by atoms with E-state index in [1.54, 1.807) is 6.07 Å². The highest BCUT2D eigenvalue weighted by Gasteiger charge is 2.18. The second-order valence-electron chi connectivity index (χ2n) is 5.29. The van der Waals surface area contributed by atoms with Gasteiger partial charge in [-0.25, -0.2) is 0 Å². The summed E-state index contributed by atoms with van der Waals surface area (Å²) >= 11 is 6.07. The molecule has 0 amide bonds. The first-order chi connectivity index (χ1) is 9.58. The number of likely N-dealkylation sites (tertiary alicyclic amines) is 1. The van der Waals surface area contributed by atoms with E-state index in [-0.39, 0.29) is 5.69 Å². The molecule has 6 heteroatoms. The van der Waals surface area contributed by atoms with Gasteiger partial charge in [0.25, 0.3) is 5.69 Å². The van der Waals surface area contributed by atoms with Gasteiger partial charge in [-0.3, -0.25) is 10.1 Å². The summed E-state index contributed by atoms with van der Waals surface area (Å²) in [6.45, 7) is 2.72. The molecule has 5 nitrogen and oxygen atoms in total. The molecular weight excluding hydrogens is 278 g/mol. The number of nitrogens with one attached hydrogen (secondary N) is 1. The lowest BCUT2D eigenvalue weighted by Crippen LogP contribution is -2.42. The van der Waals surface area contributed by atoms with Gasteiger partial charge < -0.3 is 10.2 Å². The highest BCUT2D eigenvalue weighted by Crippen LogP contribution is 2.22. The molecular formula is C14H20ClN3O2. The minimum absolute atomic E-state index is 0.0331. The summed E-state index contributed by atoms with van der Waals surface area (Å²) in [6.07, 6.45) is 3.79. The number of halogens is 1. The Morgan fingerprint density at radius 2 is 2.30 bits per heavy atom. The largest absolute Gasteiger partial charge is 0.311 e. The minimum Gasteiger partial charge on any atom is -0.311 e. The van der Waals surface area contributed by atoms with Crippen molar-refractivity contribution in [3.63, 3.8) is 0 Å². The monoisotopic (exact) mass is 297 g/mol. The standard InChI is InChI=1S/C14H20ClN3O2/c1-17-7-3-2-4-13(17)10-16-9-11-5-6-12(18(19)20)8-14(11)15/h5-6,8,13,16H,2-4,7,9-10H2,1H3. The van der Waals surface area contributed by atoms with E-state index < -0.39 is 4.92 Å². The van der Waals surface area contributed by atoms with Gasteiger partial charge in [-0.2, -0.15) is 0 Å². The fourth-order valence-electron chi connectivity index (χ4n) is 2.57. The Kier molecular flexibility index (Phi) is 5.34. The summed E-state index contributed by atoms with van der Waals surface area (Å²) in [7, 11) is 2.16. The van der Waals surface area contributed by atoms with Crippen LogP contribution >= 0.6 is 11.6 Å². The van der Waals surface area contributed by atoms with Crippen molar-refractivity contribution in [1.82, 2.24) is 10.2 Å². The van der Waals surface area contributed by atoms with Gasteiger partial charge in [0.1, 0.15) is 0 Å². The highest BCUT2D eigenvalue weighted by molar-refractivity contribution is 6.31. The molecule has 20 heavy (non-hydrogen) atoms. The molecule has 1 saturated heterocycles. The van der Waals surface area contributed by atoms with Gasteiger partial charge >= 0.3 is 0 Å². The van der Waals surface area contributed by atoms with Crippen LogP contribution in [0.15, 0.2) is 18.2 Å². The van der Waals surface area contributed by atoms with Crippen LogP contribution in [0, 0.1) is 10.1 Å². The summed E-state index contributed by atoms with van der Waals surface area (Å²) in [5.41, 5.74) is 0.932. The van der Waals surface area contributed by atoms with Gasteiger partial charge in [-0.1, -0.05) is 18.0 Å². The second kappa shape index (κ2) is 7.02. The summed E-state index contributed by atoms with van der Waals surface area (Å²) in [5.74, 6) is 0. The lowest BCUT2D eigenvalue weighted by Gasteiger charge is -2.32. The van der Waals surface area contributed by atoms with Crippen LogP contribution in [0.5, 0.6) is 0 Å². The fraction of sp³-hybridized carbons (Fsp3) is 0.571. The van der Waals surface area contributed by atoms with E-state index >= 15 is 0 Å². The number of nitrogens with zero attached hydrogens (tertiary/aromatic N) is 2. The van der Waals surface area contributed by atoms with E-state index in [0.29, 0.717) is 17.6 Å². The predicted molar refractivity (Wildman–Crippen MR) is 80.1 cm³/mol. The van der Waals surface area contributed by atoms with Crippen LogP contribution in [0.25, 0.3) is 0 Å². The number of rotatable bonds is 5. The number of nitro groups is 1. The van der Waals surface area contributed by atoms with Crippen LogP contribution in [0.1, 0.15) is 24.8 Å². The lowest BCUT2D eigenvalue weighted by molar-refractivity contribution is -0.384. The van der Waals surface area contributed by atoms with Gasteiger partial charge in [-0.05, 0) is 38.1 Å². The van der Waals surface area contributed by atoms with E-state index in [0.717, 1.165) is 18.7 Å². The zero-order valence-electron chi connectivity index (χ0n) is 11.6. The molecule has 1 aliphatic heterocycles. The second-order valence-corrected chi connectivity index (χ2v) is 5.70. The van der Waals surface area contributed by atoms with E-state index in [9.17, 15) is 10.1 Å². The van der Waals surface area contributed by atoms with Gasteiger partial charge in [-0.15, -0.1) is 0 Å². The van der Waals surface area contributed by atoms with Crippen molar-refractivity contribution < 1.29 is 4.92 Å². The molecule has 1 heterocycles. The first-order valence-electron chi connectivity index (χ1n) is 6.91. The van der Waals surface area contributed by atoms with Crippen molar-refractivity contribution in [2.75, 3.05) is 20.1 Å². The van der Waals surface area contributed by atoms with Crippen molar-refractivity contribution in [2.45, 2.75) is 31.8 Å². The predicted octanol–water partition coefficient (Wildman–Crippen LogP) is 2.82. The minimum atomic E-state index is -0.430. The Labute approximate surface area is 124 Å². The summed E-state index contributed by atoms with van der Waals surface area (Å²) in [6, 6.07) is 5.19. The number of non-ortho nitro benzene ring substituents is 1. The highest BCUT2D eigenvalue weighted by atomic mass is 35.5. The first kappa shape index (κ1) is 15.2. The lowest BCUT2D eigenvalue weighted by atomic mass is 10.0. The maximum Gasteiger partial charge on any atom is 0.270 e. The smallest absolute Gasteiger partial charge is 0.270 e. The Balaban J connectivity index is 1.86. The van der Waals surface area contributed by atoms with E-state index in [1.165, 1.54) is 31.4 Å². The first-order valence-corrected chi connectivity index (χ1v) is 7.29. The van der Waals surface area contributed by atoms with Crippen LogP contribution in [0.4, 0.5) is 5.69 Å². The number of hydrogen-bond acceptors (Lipinski definition) is 4. The van der Waals surface area contributed by atoms with Crippen LogP contribution in [-0.4, -0.2) is 36.0 Å². The molecule has 1 unspecified atom stereocenters. The Hall–Kier alpha value is -1.17. The number of benzene rings is 1. The van der Waals surface area contributed by atoms with Crippen molar-refractivity contribution >= 4 is 17.3 Å². The average Bonchev–Trinajstić information content (AvgIpc) is 2.42. The molecule has 0 radical (unpaired) electrons. The zero-order chi connectivity index (χ0) is 14.5. The van der Waals surface area contributed by atoms with Crippen LogP contribution in [0.2, 0.25) is 5.02 Å². The number of nitro benzene ring substituents is 1. The molecule has 1 atom stereocenters. The van der Waals surface area contributed by atoms with Crippen molar-refractivity contribution in [3.8, 4) is 0 Å². The van der Waals surface area contributed by atoms with E-state index in [1.807, 2.05) is 0 Å². The summed E-state index contributed by atoms with van der Waals surface area (Å²) in [4.78, 5) is 12.6. The third-order valence-electron chi connectivity index (χ3n) is 3.86. The molecule has 1 N–H and O–H groups in total. The maximum absolute atomic E-state index is 10.6. The van der Waals surface area contributed by atoms with Crippen LogP contribution < -0.4 is 5.32 Å². The number of likely N-dealkylation sites (N-methyl/N-ethyl adjacent to an activating group) is 1.